The summed E-state index contributed by atoms with van der Waals surface area (Å²) in [5.74, 6) is 1.08. The van der Waals surface area contributed by atoms with Crippen molar-refractivity contribution in [2.45, 2.75) is 26.1 Å². The van der Waals surface area contributed by atoms with Gasteiger partial charge in [0.25, 0.3) is 5.56 Å². The Balaban J connectivity index is 1.12. The summed E-state index contributed by atoms with van der Waals surface area (Å²) < 4.78 is 8.05. The van der Waals surface area contributed by atoms with Crippen molar-refractivity contribution in [2.24, 2.45) is 0 Å². The molecule has 5 heterocycles. The second-order valence-corrected chi connectivity index (χ2v) is 10.3. The van der Waals surface area contributed by atoms with E-state index < -0.39 is 0 Å². The SMILES string of the molecule is Cc1ncc(-c2ccc([C@@H]3COc4ncn(CC(=O)NCc5cc6cnc(N)cc6s5)c(=O)c4N3)cc2)cn1. The number of nitrogens with two attached hydrogens (primary N) is 1. The maximum Gasteiger partial charge on any atom is 0.281 e. The first-order valence-electron chi connectivity index (χ1n) is 12.2. The molecule has 0 saturated carbocycles. The maximum absolute atomic E-state index is 13.2. The smallest absolute Gasteiger partial charge is 0.281 e. The van der Waals surface area contributed by atoms with Gasteiger partial charge in [0.1, 0.15) is 31.1 Å². The van der Waals surface area contributed by atoms with Crippen molar-refractivity contribution in [2.75, 3.05) is 17.7 Å². The first-order chi connectivity index (χ1) is 18.9. The zero-order chi connectivity index (χ0) is 26.9. The zero-order valence-corrected chi connectivity index (χ0v) is 21.7. The highest BCUT2D eigenvalue weighted by atomic mass is 32.1. The molecule has 11 nitrogen and oxygen atoms in total. The number of hydrogen-bond donors (Lipinski definition) is 3. The molecular weight excluding hydrogens is 516 g/mol. The standard InChI is InChI=1S/C27H24N8O3S/c1-15-29-9-19(10-30-15)16-2-4-17(5-3-16)21-13-38-26-25(34-21)27(37)35(14-33-26)12-24(36)32-11-20-6-18-8-31-23(28)7-22(18)39-20/h2-10,14,21,34H,11-13H2,1H3,(H2,28,31)(H,32,36)/t21-/m0/s1. The van der Waals surface area contributed by atoms with Gasteiger partial charge in [-0.05, 0) is 30.2 Å². The number of anilines is 2. The largest absolute Gasteiger partial charge is 0.473 e. The Morgan fingerprint density at radius 3 is 2.72 bits per heavy atom. The van der Waals surface area contributed by atoms with Crippen molar-refractivity contribution < 1.29 is 9.53 Å². The number of nitrogens with zero attached hydrogens (tertiary/aromatic N) is 5. The van der Waals surface area contributed by atoms with Crippen molar-refractivity contribution >= 4 is 38.8 Å². The molecule has 0 bridgehead atoms. The molecule has 1 aromatic carbocycles. The Morgan fingerprint density at radius 1 is 1.13 bits per heavy atom. The Labute approximate surface area is 226 Å². The van der Waals surface area contributed by atoms with Crippen molar-refractivity contribution in [1.82, 2.24) is 29.8 Å². The minimum absolute atomic E-state index is 0.168. The highest BCUT2D eigenvalue weighted by Crippen LogP contribution is 2.30. The summed E-state index contributed by atoms with van der Waals surface area (Å²) in [6.45, 7) is 2.32. The number of hydrogen-bond acceptors (Lipinski definition) is 10. The van der Waals surface area contributed by atoms with Gasteiger partial charge in [-0.25, -0.2) is 19.9 Å². The van der Waals surface area contributed by atoms with Crippen LogP contribution in [0.15, 0.2) is 66.1 Å². The van der Waals surface area contributed by atoms with Gasteiger partial charge in [-0.3, -0.25) is 14.2 Å². The molecule has 4 N–H and O–H groups in total. The molecule has 1 atom stereocenters. The van der Waals surface area contributed by atoms with Crippen LogP contribution < -0.4 is 26.7 Å². The van der Waals surface area contributed by atoms with Gasteiger partial charge in [0.05, 0.1) is 12.6 Å². The van der Waals surface area contributed by atoms with Crippen LogP contribution in [0, 0.1) is 6.92 Å². The molecule has 0 radical (unpaired) electrons. The monoisotopic (exact) mass is 540 g/mol. The van der Waals surface area contributed by atoms with Gasteiger partial charge in [0.15, 0.2) is 5.69 Å². The summed E-state index contributed by atoms with van der Waals surface area (Å²) in [4.78, 5) is 43.6. The molecule has 1 amide bonds. The maximum atomic E-state index is 13.2. The number of amides is 1. The second-order valence-electron chi connectivity index (χ2n) is 9.14. The molecule has 0 unspecified atom stereocenters. The van der Waals surface area contributed by atoms with Crippen molar-refractivity contribution in [3.8, 4) is 17.0 Å². The fourth-order valence-electron chi connectivity index (χ4n) is 4.31. The van der Waals surface area contributed by atoms with E-state index in [1.807, 2.05) is 37.3 Å². The Morgan fingerprint density at radius 2 is 1.92 bits per heavy atom. The summed E-state index contributed by atoms with van der Waals surface area (Å²) in [6.07, 6.45) is 6.61. The predicted molar refractivity (Wildman–Crippen MR) is 148 cm³/mol. The summed E-state index contributed by atoms with van der Waals surface area (Å²) in [5.41, 5.74) is 8.46. The molecule has 0 spiro atoms. The van der Waals surface area contributed by atoms with E-state index in [0.29, 0.717) is 24.8 Å². The molecular formula is C27H24N8O3S. The fourth-order valence-corrected chi connectivity index (χ4v) is 5.34. The van der Waals surface area contributed by atoms with Crippen molar-refractivity contribution in [3.05, 3.63) is 87.9 Å². The van der Waals surface area contributed by atoms with E-state index in [2.05, 4.69) is 30.6 Å². The number of rotatable bonds is 6. The molecule has 0 aliphatic carbocycles. The number of ether oxygens (including phenoxy) is 1. The van der Waals surface area contributed by atoms with Crippen molar-refractivity contribution in [1.29, 1.82) is 0 Å². The Kier molecular flexibility index (Phi) is 6.37. The molecule has 1 aliphatic heterocycles. The normalized spacial score (nSPS) is 14.3. The summed E-state index contributed by atoms with van der Waals surface area (Å²) >= 11 is 1.53. The Hall–Kier alpha value is -4.84. The van der Waals surface area contributed by atoms with E-state index in [1.54, 1.807) is 24.7 Å². The van der Waals surface area contributed by atoms with Crippen LogP contribution in [0.3, 0.4) is 0 Å². The number of pyridine rings is 1. The third-order valence-electron chi connectivity index (χ3n) is 6.38. The molecule has 196 valence electrons. The van der Waals surface area contributed by atoms with Gasteiger partial charge >= 0.3 is 0 Å². The van der Waals surface area contributed by atoms with E-state index in [4.69, 9.17) is 10.5 Å². The Bertz CT molecular complexity index is 1730. The van der Waals surface area contributed by atoms with E-state index >= 15 is 0 Å². The molecule has 12 heteroatoms. The van der Waals surface area contributed by atoms with Gasteiger partial charge in [0, 0.05) is 39.1 Å². The van der Waals surface area contributed by atoms with Crippen molar-refractivity contribution in [3.63, 3.8) is 0 Å². The van der Waals surface area contributed by atoms with E-state index in [-0.39, 0.29) is 35.6 Å². The highest BCUT2D eigenvalue weighted by Gasteiger charge is 2.25. The first kappa shape index (κ1) is 24.5. The van der Waals surface area contributed by atoms with Crippen LogP contribution in [0.25, 0.3) is 21.2 Å². The fraction of sp³-hybridized carbons (Fsp3) is 0.185. The average molecular weight is 541 g/mol. The lowest BCUT2D eigenvalue weighted by atomic mass is 10.0. The first-order valence-corrected chi connectivity index (χ1v) is 13.0. The number of carbonyl (C=O) groups is 1. The zero-order valence-electron chi connectivity index (χ0n) is 20.9. The van der Waals surface area contributed by atoms with E-state index in [1.165, 1.54) is 22.2 Å². The quantitative estimate of drug-likeness (QED) is 0.295. The molecule has 0 saturated heterocycles. The predicted octanol–water partition coefficient (Wildman–Crippen LogP) is 3.06. The van der Waals surface area contributed by atoms with Gasteiger partial charge in [-0.2, -0.15) is 0 Å². The summed E-state index contributed by atoms with van der Waals surface area (Å²) in [6, 6.07) is 11.4. The number of benzene rings is 1. The van der Waals surface area contributed by atoms with Crippen LogP contribution in [0.4, 0.5) is 11.5 Å². The lowest BCUT2D eigenvalue weighted by Gasteiger charge is -2.27. The van der Waals surface area contributed by atoms with Crippen LogP contribution in [-0.4, -0.2) is 37.0 Å². The van der Waals surface area contributed by atoms with Gasteiger partial charge in [0.2, 0.25) is 11.8 Å². The molecule has 0 fully saturated rings. The number of thiophene rings is 1. The van der Waals surface area contributed by atoms with Crippen LogP contribution in [0.2, 0.25) is 0 Å². The average Bonchev–Trinajstić information content (AvgIpc) is 3.36. The second kappa shape index (κ2) is 10.1. The van der Waals surface area contributed by atoms with Gasteiger partial charge < -0.3 is 21.1 Å². The summed E-state index contributed by atoms with van der Waals surface area (Å²) in [5, 5.41) is 7.07. The minimum Gasteiger partial charge on any atom is -0.473 e. The molecule has 4 aromatic heterocycles. The lowest BCUT2D eigenvalue weighted by Crippen LogP contribution is -2.36. The summed E-state index contributed by atoms with van der Waals surface area (Å²) in [7, 11) is 0. The molecule has 39 heavy (non-hydrogen) atoms. The van der Waals surface area contributed by atoms with Crippen LogP contribution >= 0.6 is 11.3 Å². The number of fused-ring (bicyclic) bond motifs is 2. The topological polar surface area (TPSA) is 150 Å². The number of nitrogens with one attached hydrogen (secondary N) is 2. The van der Waals surface area contributed by atoms with E-state index in [0.717, 1.165) is 31.7 Å². The number of aromatic nitrogens is 5. The molecule has 1 aliphatic rings. The van der Waals surface area contributed by atoms with Crippen LogP contribution in [0.5, 0.6) is 5.88 Å². The van der Waals surface area contributed by atoms with Gasteiger partial charge in [-0.1, -0.05) is 24.3 Å². The van der Waals surface area contributed by atoms with E-state index in [9.17, 15) is 9.59 Å². The third-order valence-corrected chi connectivity index (χ3v) is 7.48. The third kappa shape index (κ3) is 5.14. The number of carbonyl (C=O) groups excluding carboxylic acids is 1. The minimum atomic E-state index is -0.378. The molecule has 6 rings (SSSR count). The molecule has 5 aromatic rings. The van der Waals surface area contributed by atoms with Crippen LogP contribution in [-0.2, 0) is 17.9 Å². The van der Waals surface area contributed by atoms with Gasteiger partial charge in [-0.15, -0.1) is 11.3 Å². The number of nitrogen functional groups attached to an aromatic ring is 1. The number of aryl methyl sites for hydroxylation is 1. The lowest BCUT2D eigenvalue weighted by molar-refractivity contribution is -0.121. The van der Waals surface area contributed by atoms with Crippen LogP contribution in [0.1, 0.15) is 22.3 Å². The highest BCUT2D eigenvalue weighted by molar-refractivity contribution is 7.19.